The Kier molecular flexibility index (Phi) is 9.15. The van der Waals surface area contributed by atoms with Crippen molar-refractivity contribution in [2.45, 2.75) is 65.7 Å². The molecule has 0 saturated carbocycles. The highest BCUT2D eigenvalue weighted by Gasteiger charge is 2.24. The van der Waals surface area contributed by atoms with Crippen LogP contribution in [0.2, 0.25) is 0 Å². The minimum absolute atomic E-state index is 0.00817. The van der Waals surface area contributed by atoms with Gasteiger partial charge >= 0.3 is 0 Å². The van der Waals surface area contributed by atoms with Gasteiger partial charge < -0.3 is 15.0 Å². The molecule has 2 amide bonds. The normalized spacial score (nSPS) is 11.9. The van der Waals surface area contributed by atoms with E-state index in [4.69, 9.17) is 9.84 Å². The number of anilines is 1. The van der Waals surface area contributed by atoms with Crippen LogP contribution in [0.3, 0.4) is 0 Å². The number of ether oxygens (including phenoxy) is 1. The van der Waals surface area contributed by atoms with Gasteiger partial charge in [-0.3, -0.25) is 9.59 Å². The van der Waals surface area contributed by atoms with Gasteiger partial charge in [0.1, 0.15) is 12.4 Å². The Labute approximate surface area is 227 Å². The van der Waals surface area contributed by atoms with Gasteiger partial charge in [0.25, 0.3) is 5.91 Å². The second kappa shape index (κ2) is 11.9. The molecular weight excluding hydrogens is 476 g/mol. The average molecular weight is 519 g/mol. The lowest BCUT2D eigenvalue weighted by Crippen LogP contribution is -2.39. The van der Waals surface area contributed by atoms with Crippen molar-refractivity contribution in [1.29, 1.82) is 0 Å². The molecule has 204 valence electrons. The molecule has 7 heteroatoms. The van der Waals surface area contributed by atoms with Crippen molar-refractivity contribution < 1.29 is 14.3 Å². The molecule has 1 aromatic heterocycles. The first-order valence-electron chi connectivity index (χ1n) is 13.2. The Hall–Kier alpha value is -3.45. The lowest BCUT2D eigenvalue weighted by Gasteiger charge is -2.23. The number of nitrogens with zero attached hydrogens (tertiary/aromatic N) is 3. The van der Waals surface area contributed by atoms with Crippen molar-refractivity contribution in [2.24, 2.45) is 0 Å². The zero-order valence-corrected chi connectivity index (χ0v) is 24.1. The maximum Gasteiger partial charge on any atom is 0.254 e. The average Bonchev–Trinajstić information content (AvgIpc) is 3.27. The van der Waals surface area contributed by atoms with Crippen molar-refractivity contribution >= 4 is 17.6 Å². The fourth-order valence-corrected chi connectivity index (χ4v) is 4.10. The number of carbonyl (C=O) groups is 2. The van der Waals surface area contributed by atoms with E-state index in [1.54, 1.807) is 16.7 Å². The molecule has 1 heterocycles. The number of nitrogens with one attached hydrogen (secondary N) is 1. The summed E-state index contributed by atoms with van der Waals surface area (Å²) in [5.74, 6) is 0.111. The molecule has 7 nitrogen and oxygen atoms in total. The number of hydrogen-bond donors (Lipinski definition) is 1. The van der Waals surface area contributed by atoms with Gasteiger partial charge in [-0.05, 0) is 54.2 Å². The minimum Gasteiger partial charge on any atom is -0.385 e. The van der Waals surface area contributed by atoms with Gasteiger partial charge in [0.05, 0.1) is 11.4 Å². The Balaban J connectivity index is 1.85. The summed E-state index contributed by atoms with van der Waals surface area (Å²) >= 11 is 0. The number of hydrogen-bond acceptors (Lipinski definition) is 4. The van der Waals surface area contributed by atoms with Crippen LogP contribution in [-0.2, 0) is 20.4 Å². The van der Waals surface area contributed by atoms with Crippen molar-refractivity contribution in [3.05, 3.63) is 77.0 Å². The van der Waals surface area contributed by atoms with Crippen LogP contribution in [0.15, 0.2) is 54.6 Å². The lowest BCUT2D eigenvalue weighted by atomic mass is 9.86. The fraction of sp³-hybridized carbons (Fsp3) is 0.452. The van der Waals surface area contributed by atoms with E-state index >= 15 is 0 Å². The van der Waals surface area contributed by atoms with E-state index in [1.807, 2.05) is 61.5 Å². The summed E-state index contributed by atoms with van der Waals surface area (Å²) in [4.78, 5) is 28.3. The summed E-state index contributed by atoms with van der Waals surface area (Å²) in [6.07, 6.45) is 0.630. The molecule has 3 aromatic rings. The number of carbonyl (C=O) groups excluding carboxylic acids is 2. The zero-order valence-electron chi connectivity index (χ0n) is 24.1. The molecule has 0 saturated heterocycles. The molecule has 0 aliphatic carbocycles. The Morgan fingerprint density at radius 3 is 2.24 bits per heavy atom. The summed E-state index contributed by atoms with van der Waals surface area (Å²) in [5.41, 5.74) is 4.32. The number of methoxy groups -OCH3 is 1. The third-order valence-electron chi connectivity index (χ3n) is 6.39. The predicted molar refractivity (Wildman–Crippen MR) is 153 cm³/mol. The van der Waals surface area contributed by atoms with Crippen LogP contribution in [0.1, 0.15) is 75.1 Å². The van der Waals surface area contributed by atoms with E-state index in [0.717, 1.165) is 22.5 Å². The van der Waals surface area contributed by atoms with E-state index in [9.17, 15) is 9.59 Å². The first kappa shape index (κ1) is 29.1. The van der Waals surface area contributed by atoms with Crippen LogP contribution in [0.5, 0.6) is 0 Å². The molecule has 3 rings (SSSR count). The van der Waals surface area contributed by atoms with E-state index in [2.05, 4.69) is 46.9 Å². The van der Waals surface area contributed by atoms with Crippen LogP contribution in [-0.4, -0.2) is 53.3 Å². The van der Waals surface area contributed by atoms with Crippen LogP contribution in [0, 0.1) is 6.92 Å². The van der Waals surface area contributed by atoms with Gasteiger partial charge in [-0.25, -0.2) is 4.68 Å². The number of aryl methyl sites for hydroxylation is 1. The molecule has 0 bridgehead atoms. The van der Waals surface area contributed by atoms with Gasteiger partial charge in [0, 0.05) is 37.3 Å². The minimum atomic E-state index is -0.281. The second-order valence-corrected chi connectivity index (χ2v) is 11.9. The molecule has 38 heavy (non-hydrogen) atoms. The third-order valence-corrected chi connectivity index (χ3v) is 6.39. The zero-order chi connectivity index (χ0) is 28.1. The van der Waals surface area contributed by atoms with Gasteiger partial charge in [0.15, 0.2) is 0 Å². The van der Waals surface area contributed by atoms with Gasteiger partial charge in [-0.1, -0.05) is 65.8 Å². The molecule has 0 spiro atoms. The Morgan fingerprint density at radius 1 is 0.974 bits per heavy atom. The quantitative estimate of drug-likeness (QED) is 0.358. The van der Waals surface area contributed by atoms with Crippen molar-refractivity contribution in [1.82, 2.24) is 14.7 Å². The van der Waals surface area contributed by atoms with Crippen LogP contribution < -0.4 is 5.32 Å². The largest absolute Gasteiger partial charge is 0.385 e. The summed E-state index contributed by atoms with van der Waals surface area (Å²) in [5, 5.41) is 7.81. The predicted octanol–water partition coefficient (Wildman–Crippen LogP) is 5.89. The number of amides is 2. The topological polar surface area (TPSA) is 76.5 Å². The summed E-state index contributed by atoms with van der Waals surface area (Å²) < 4.78 is 6.95. The molecule has 1 N–H and O–H groups in total. The summed E-state index contributed by atoms with van der Waals surface area (Å²) in [6.45, 7) is 15.5. The highest BCUT2D eigenvalue weighted by Crippen LogP contribution is 2.27. The van der Waals surface area contributed by atoms with Crippen molar-refractivity contribution in [3.63, 3.8) is 0 Å². The molecule has 0 atom stereocenters. The maximum atomic E-state index is 13.4. The monoisotopic (exact) mass is 518 g/mol. The van der Waals surface area contributed by atoms with E-state index in [-0.39, 0.29) is 29.2 Å². The van der Waals surface area contributed by atoms with Crippen molar-refractivity contribution in [2.75, 3.05) is 32.1 Å². The highest BCUT2D eigenvalue weighted by molar-refractivity contribution is 5.99. The van der Waals surface area contributed by atoms with Crippen LogP contribution >= 0.6 is 0 Å². The Morgan fingerprint density at radius 2 is 1.66 bits per heavy atom. The van der Waals surface area contributed by atoms with Crippen LogP contribution in [0.25, 0.3) is 5.69 Å². The number of benzene rings is 2. The fourth-order valence-electron chi connectivity index (χ4n) is 4.10. The lowest BCUT2D eigenvalue weighted by molar-refractivity contribution is -0.117. The van der Waals surface area contributed by atoms with E-state index in [0.29, 0.717) is 31.0 Å². The SMILES string of the molecule is COCCCN(CC(=O)Nc1cc(C(C)(C)C)nn1-c1cccc(C)c1)C(=O)c1ccc(C(C)(C)C)cc1. The van der Waals surface area contributed by atoms with E-state index < -0.39 is 0 Å². The first-order valence-corrected chi connectivity index (χ1v) is 13.2. The number of aromatic nitrogens is 2. The molecule has 0 unspecified atom stereocenters. The van der Waals surface area contributed by atoms with Crippen molar-refractivity contribution in [3.8, 4) is 5.69 Å². The van der Waals surface area contributed by atoms with Gasteiger partial charge in [-0.15, -0.1) is 0 Å². The van der Waals surface area contributed by atoms with Crippen LogP contribution in [0.4, 0.5) is 5.82 Å². The van der Waals surface area contributed by atoms with E-state index in [1.165, 1.54) is 0 Å². The third kappa shape index (κ3) is 7.54. The van der Waals surface area contributed by atoms with Gasteiger partial charge in [-0.2, -0.15) is 5.10 Å². The maximum absolute atomic E-state index is 13.4. The molecular formula is C31H42N4O3. The number of rotatable bonds is 9. The first-order chi connectivity index (χ1) is 17.8. The summed E-state index contributed by atoms with van der Waals surface area (Å²) in [7, 11) is 1.63. The molecule has 2 aromatic carbocycles. The Bertz CT molecular complexity index is 1250. The molecule has 0 aliphatic rings. The standard InChI is InChI=1S/C31H42N4O3/c1-22-11-9-12-25(19-22)35-27(20-26(33-35)31(5,6)7)32-28(36)21-34(17-10-18-38-8)29(37)23-13-15-24(16-14-23)30(2,3)4/h9,11-16,19-20H,10,17-18,21H2,1-8H3,(H,32,36). The molecule has 0 aliphatic heterocycles. The molecule has 0 radical (unpaired) electrons. The summed E-state index contributed by atoms with van der Waals surface area (Å²) in [6, 6.07) is 17.5. The van der Waals surface area contributed by atoms with Gasteiger partial charge in [0.2, 0.25) is 5.91 Å². The highest BCUT2D eigenvalue weighted by atomic mass is 16.5. The smallest absolute Gasteiger partial charge is 0.254 e. The molecule has 0 fully saturated rings. The second-order valence-electron chi connectivity index (χ2n) is 11.9.